The standard InChI is InChI=1S/C14H18BrClO/c1-3-11-8-12(15)7-10(2)14(11)9-13(17)5-4-6-16/h7-8H,3-6,9H2,1-2H3. The molecule has 17 heavy (non-hydrogen) atoms. The third-order valence-electron chi connectivity index (χ3n) is 2.87. The first-order chi connectivity index (χ1) is 8.08. The zero-order valence-electron chi connectivity index (χ0n) is 10.4. The van der Waals surface area contributed by atoms with Gasteiger partial charge in [-0.25, -0.2) is 0 Å². The van der Waals surface area contributed by atoms with E-state index in [0.29, 0.717) is 18.7 Å². The van der Waals surface area contributed by atoms with Crippen LogP contribution in [0.15, 0.2) is 16.6 Å². The van der Waals surface area contributed by atoms with E-state index in [9.17, 15) is 4.79 Å². The molecule has 0 radical (unpaired) electrons. The zero-order valence-corrected chi connectivity index (χ0v) is 12.7. The highest BCUT2D eigenvalue weighted by atomic mass is 79.9. The normalized spacial score (nSPS) is 10.6. The van der Waals surface area contributed by atoms with Gasteiger partial charge in [-0.3, -0.25) is 4.79 Å². The van der Waals surface area contributed by atoms with Crippen LogP contribution in [0.4, 0.5) is 0 Å². The van der Waals surface area contributed by atoms with E-state index in [-0.39, 0.29) is 5.78 Å². The molecule has 0 atom stereocenters. The summed E-state index contributed by atoms with van der Waals surface area (Å²) in [6.07, 6.45) is 2.86. The van der Waals surface area contributed by atoms with Gasteiger partial charge in [0.25, 0.3) is 0 Å². The first-order valence-electron chi connectivity index (χ1n) is 5.94. The van der Waals surface area contributed by atoms with Crippen molar-refractivity contribution in [2.45, 2.75) is 39.5 Å². The van der Waals surface area contributed by atoms with Crippen LogP contribution in [0.3, 0.4) is 0 Å². The Balaban J connectivity index is 2.86. The molecule has 0 bridgehead atoms. The van der Waals surface area contributed by atoms with Crippen molar-refractivity contribution in [3.05, 3.63) is 33.3 Å². The molecule has 0 fully saturated rings. The van der Waals surface area contributed by atoms with Gasteiger partial charge in [-0.2, -0.15) is 0 Å². The number of benzene rings is 1. The van der Waals surface area contributed by atoms with Gasteiger partial charge in [-0.05, 0) is 48.6 Å². The Labute approximate surface area is 117 Å². The Hall–Kier alpha value is -0.340. The van der Waals surface area contributed by atoms with Crippen LogP contribution in [0.25, 0.3) is 0 Å². The van der Waals surface area contributed by atoms with Gasteiger partial charge in [0, 0.05) is 23.2 Å². The Bertz CT molecular complexity index is 401. The van der Waals surface area contributed by atoms with Crippen LogP contribution in [-0.4, -0.2) is 11.7 Å². The van der Waals surface area contributed by atoms with Crippen molar-refractivity contribution >= 4 is 33.3 Å². The van der Waals surface area contributed by atoms with E-state index in [1.165, 1.54) is 16.7 Å². The van der Waals surface area contributed by atoms with E-state index in [0.717, 1.165) is 17.3 Å². The summed E-state index contributed by atoms with van der Waals surface area (Å²) in [6, 6.07) is 4.18. The highest BCUT2D eigenvalue weighted by Gasteiger charge is 2.10. The molecule has 1 nitrogen and oxygen atoms in total. The number of halogens is 2. The predicted octanol–water partition coefficient (Wildman–Crippen LogP) is 4.45. The van der Waals surface area contributed by atoms with E-state index in [1.54, 1.807) is 0 Å². The van der Waals surface area contributed by atoms with Crippen molar-refractivity contribution in [2.24, 2.45) is 0 Å². The fourth-order valence-electron chi connectivity index (χ4n) is 1.96. The van der Waals surface area contributed by atoms with Crippen molar-refractivity contribution < 1.29 is 4.79 Å². The van der Waals surface area contributed by atoms with E-state index in [4.69, 9.17) is 11.6 Å². The summed E-state index contributed by atoms with van der Waals surface area (Å²) in [5, 5.41) is 0. The van der Waals surface area contributed by atoms with Gasteiger partial charge in [0.1, 0.15) is 5.78 Å². The minimum absolute atomic E-state index is 0.283. The lowest BCUT2D eigenvalue weighted by Crippen LogP contribution is -2.07. The minimum atomic E-state index is 0.283. The van der Waals surface area contributed by atoms with E-state index >= 15 is 0 Å². The molecule has 0 unspecified atom stereocenters. The van der Waals surface area contributed by atoms with Gasteiger partial charge in [0.2, 0.25) is 0 Å². The largest absolute Gasteiger partial charge is 0.299 e. The number of alkyl halides is 1. The fraction of sp³-hybridized carbons (Fsp3) is 0.500. The minimum Gasteiger partial charge on any atom is -0.299 e. The van der Waals surface area contributed by atoms with Crippen LogP contribution in [0.5, 0.6) is 0 Å². The lowest BCUT2D eigenvalue weighted by molar-refractivity contribution is -0.118. The van der Waals surface area contributed by atoms with Crippen LogP contribution >= 0.6 is 27.5 Å². The van der Waals surface area contributed by atoms with Crippen molar-refractivity contribution in [1.29, 1.82) is 0 Å². The summed E-state index contributed by atoms with van der Waals surface area (Å²) in [6.45, 7) is 4.18. The number of carbonyl (C=O) groups excluding carboxylic acids is 1. The van der Waals surface area contributed by atoms with Gasteiger partial charge in [-0.15, -0.1) is 11.6 Å². The molecule has 0 amide bonds. The predicted molar refractivity (Wildman–Crippen MR) is 76.9 cm³/mol. The topological polar surface area (TPSA) is 17.1 Å². The number of ketones is 1. The van der Waals surface area contributed by atoms with E-state index in [2.05, 4.69) is 41.9 Å². The molecule has 0 saturated carbocycles. The Morgan fingerprint density at radius 2 is 2.12 bits per heavy atom. The van der Waals surface area contributed by atoms with Crippen molar-refractivity contribution in [2.75, 3.05) is 5.88 Å². The molecule has 1 aromatic rings. The Morgan fingerprint density at radius 3 is 2.71 bits per heavy atom. The number of aryl methyl sites for hydroxylation is 2. The zero-order chi connectivity index (χ0) is 12.8. The molecular formula is C14H18BrClO. The monoisotopic (exact) mass is 316 g/mol. The summed E-state index contributed by atoms with van der Waals surface area (Å²) in [5.41, 5.74) is 3.64. The van der Waals surface area contributed by atoms with Gasteiger partial charge >= 0.3 is 0 Å². The Morgan fingerprint density at radius 1 is 1.41 bits per heavy atom. The highest BCUT2D eigenvalue weighted by molar-refractivity contribution is 9.10. The molecular weight excluding hydrogens is 300 g/mol. The molecule has 0 aliphatic carbocycles. The second kappa shape index (κ2) is 7.17. The maximum Gasteiger partial charge on any atom is 0.137 e. The van der Waals surface area contributed by atoms with Gasteiger partial charge in [0.15, 0.2) is 0 Å². The lowest BCUT2D eigenvalue weighted by Gasteiger charge is -2.11. The fourth-order valence-corrected chi connectivity index (χ4v) is 2.71. The van der Waals surface area contributed by atoms with Crippen molar-refractivity contribution in [3.8, 4) is 0 Å². The number of carbonyl (C=O) groups is 1. The molecule has 0 aliphatic rings. The molecule has 0 N–H and O–H groups in total. The third kappa shape index (κ3) is 4.44. The first-order valence-corrected chi connectivity index (χ1v) is 7.26. The molecule has 1 aromatic carbocycles. The first kappa shape index (κ1) is 14.7. The molecule has 0 aliphatic heterocycles. The van der Waals surface area contributed by atoms with Crippen molar-refractivity contribution in [3.63, 3.8) is 0 Å². The molecule has 0 spiro atoms. The molecule has 94 valence electrons. The number of hydrogen-bond acceptors (Lipinski definition) is 1. The van der Waals surface area contributed by atoms with Gasteiger partial charge in [0.05, 0.1) is 0 Å². The maximum atomic E-state index is 11.8. The number of rotatable bonds is 6. The maximum absolute atomic E-state index is 11.8. The average molecular weight is 318 g/mol. The summed E-state index contributed by atoms with van der Waals surface area (Å²) in [7, 11) is 0. The summed E-state index contributed by atoms with van der Waals surface area (Å²) >= 11 is 9.09. The van der Waals surface area contributed by atoms with Crippen molar-refractivity contribution in [1.82, 2.24) is 0 Å². The Kier molecular flexibility index (Phi) is 6.21. The smallest absolute Gasteiger partial charge is 0.137 e. The lowest BCUT2D eigenvalue weighted by atomic mass is 9.95. The molecule has 0 saturated heterocycles. The SMILES string of the molecule is CCc1cc(Br)cc(C)c1CC(=O)CCCCl. The molecule has 1 rings (SSSR count). The van der Waals surface area contributed by atoms with Crippen LogP contribution in [0.1, 0.15) is 36.5 Å². The van der Waals surface area contributed by atoms with Crippen LogP contribution in [0.2, 0.25) is 0 Å². The second-order valence-corrected chi connectivity index (χ2v) is 5.52. The summed E-state index contributed by atoms with van der Waals surface area (Å²) in [4.78, 5) is 11.8. The van der Waals surface area contributed by atoms with Crippen LogP contribution < -0.4 is 0 Å². The van der Waals surface area contributed by atoms with Gasteiger partial charge < -0.3 is 0 Å². The second-order valence-electron chi connectivity index (χ2n) is 4.22. The highest BCUT2D eigenvalue weighted by Crippen LogP contribution is 2.22. The quantitative estimate of drug-likeness (QED) is 0.708. The van der Waals surface area contributed by atoms with E-state index < -0.39 is 0 Å². The van der Waals surface area contributed by atoms with E-state index in [1.807, 2.05) is 0 Å². The van der Waals surface area contributed by atoms with Crippen LogP contribution in [-0.2, 0) is 17.6 Å². The molecule has 3 heteroatoms. The van der Waals surface area contributed by atoms with Crippen LogP contribution in [0, 0.1) is 6.92 Å². The average Bonchev–Trinajstić information content (AvgIpc) is 2.29. The summed E-state index contributed by atoms with van der Waals surface area (Å²) in [5.74, 6) is 0.844. The molecule has 0 heterocycles. The summed E-state index contributed by atoms with van der Waals surface area (Å²) < 4.78 is 1.09. The van der Waals surface area contributed by atoms with Gasteiger partial charge in [-0.1, -0.05) is 22.9 Å². The third-order valence-corrected chi connectivity index (χ3v) is 3.60. The number of hydrogen-bond donors (Lipinski definition) is 0. The molecule has 0 aromatic heterocycles. The number of Topliss-reactive ketones (excluding diaryl/α,β-unsaturated/α-hetero) is 1.